The van der Waals surface area contributed by atoms with Gasteiger partial charge in [0.25, 0.3) is 0 Å². The summed E-state index contributed by atoms with van der Waals surface area (Å²) in [4.78, 5) is -0.631. The molecule has 0 radical (unpaired) electrons. The van der Waals surface area contributed by atoms with Crippen molar-refractivity contribution in [3.8, 4) is 5.75 Å². The molecule has 0 aliphatic carbocycles. The van der Waals surface area contributed by atoms with Crippen LogP contribution in [0.5, 0.6) is 5.75 Å². The molecule has 1 aromatic rings. The molecule has 0 atom stereocenters. The quantitative estimate of drug-likeness (QED) is 0.659. The third-order valence-corrected chi connectivity index (χ3v) is 2.53. The summed E-state index contributed by atoms with van der Waals surface area (Å²) in [5.41, 5.74) is 3.30. The summed E-state index contributed by atoms with van der Waals surface area (Å²) < 4.78 is 91.5. The van der Waals surface area contributed by atoms with Gasteiger partial charge < -0.3 is 10.5 Å². The predicted molar refractivity (Wildman–Crippen MR) is 63.8 cm³/mol. The normalized spacial score (nSPS) is 12.6. The van der Waals surface area contributed by atoms with Crippen LogP contribution in [0.1, 0.15) is 11.1 Å². The fraction of sp³-hybridized carbons (Fsp3) is 0.364. The first-order chi connectivity index (χ1) is 9.45. The number of alkyl halides is 7. The van der Waals surface area contributed by atoms with Gasteiger partial charge in [-0.15, -0.1) is 0 Å². The summed E-state index contributed by atoms with van der Waals surface area (Å²) in [6, 6.07) is 1.91. The number of hydrogen-bond donors (Lipinski definition) is 1. The largest absolute Gasteiger partial charge is 0.487 e. The van der Waals surface area contributed by atoms with Crippen molar-refractivity contribution in [2.24, 2.45) is 5.73 Å². The van der Waals surface area contributed by atoms with Gasteiger partial charge >= 0.3 is 18.5 Å². The summed E-state index contributed by atoms with van der Waals surface area (Å²) in [5, 5.41) is 0. The molecule has 2 N–H and O–H groups in total. The predicted octanol–water partition coefficient (Wildman–Crippen LogP) is 3.62. The van der Waals surface area contributed by atoms with Crippen molar-refractivity contribution in [3.63, 3.8) is 0 Å². The Labute approximate surface area is 119 Å². The van der Waals surface area contributed by atoms with E-state index >= 15 is 0 Å². The standard InChI is InChI=1S/C11H8F7NOS/c12-9(13)10(14,15)4-20-5-1-2-7(11(16,17)18)6(3-5)8(19)21/h1-3,9H,4H2,(H2,19,21). The van der Waals surface area contributed by atoms with Crippen LogP contribution in [0.4, 0.5) is 30.7 Å². The highest BCUT2D eigenvalue weighted by Gasteiger charge is 2.42. The van der Waals surface area contributed by atoms with Crippen LogP contribution >= 0.6 is 12.2 Å². The van der Waals surface area contributed by atoms with Gasteiger partial charge in [0.1, 0.15) is 10.7 Å². The second-order valence-electron chi connectivity index (χ2n) is 3.92. The third kappa shape index (κ3) is 4.45. The second kappa shape index (κ2) is 6.04. The zero-order valence-electron chi connectivity index (χ0n) is 10.1. The second-order valence-corrected chi connectivity index (χ2v) is 4.36. The number of rotatable bonds is 5. The van der Waals surface area contributed by atoms with Crippen molar-refractivity contribution in [1.29, 1.82) is 0 Å². The van der Waals surface area contributed by atoms with Crippen LogP contribution in [0.25, 0.3) is 0 Å². The molecule has 0 saturated carbocycles. The van der Waals surface area contributed by atoms with Gasteiger partial charge in [-0.2, -0.15) is 22.0 Å². The van der Waals surface area contributed by atoms with E-state index in [2.05, 4.69) is 17.0 Å². The molecular formula is C11H8F7NOS. The Bertz CT molecular complexity index is 530. The van der Waals surface area contributed by atoms with Gasteiger partial charge in [0.15, 0.2) is 6.61 Å². The molecule has 10 heteroatoms. The van der Waals surface area contributed by atoms with Crippen LogP contribution in [0.2, 0.25) is 0 Å². The first-order valence-corrected chi connectivity index (χ1v) is 5.66. The lowest BCUT2D eigenvalue weighted by Gasteiger charge is -2.17. The highest BCUT2D eigenvalue weighted by Crippen LogP contribution is 2.34. The van der Waals surface area contributed by atoms with Gasteiger partial charge in [-0.1, -0.05) is 12.2 Å². The van der Waals surface area contributed by atoms with Crippen LogP contribution in [0.3, 0.4) is 0 Å². The monoisotopic (exact) mass is 335 g/mol. The number of benzene rings is 1. The summed E-state index contributed by atoms with van der Waals surface area (Å²) >= 11 is 4.43. The lowest BCUT2D eigenvalue weighted by molar-refractivity contribution is -0.148. The molecule has 0 spiro atoms. The van der Waals surface area contributed by atoms with Crippen LogP contribution < -0.4 is 10.5 Å². The lowest BCUT2D eigenvalue weighted by Crippen LogP contribution is -2.33. The van der Waals surface area contributed by atoms with Gasteiger partial charge in [0.2, 0.25) is 0 Å². The fourth-order valence-electron chi connectivity index (χ4n) is 1.31. The number of halogens is 7. The van der Waals surface area contributed by atoms with E-state index in [1.807, 2.05) is 0 Å². The van der Waals surface area contributed by atoms with Crippen molar-refractivity contribution >= 4 is 17.2 Å². The van der Waals surface area contributed by atoms with Crippen LogP contribution in [-0.4, -0.2) is 23.9 Å². The van der Waals surface area contributed by atoms with Crippen LogP contribution in [-0.2, 0) is 6.18 Å². The average Bonchev–Trinajstić information content (AvgIpc) is 2.34. The topological polar surface area (TPSA) is 35.2 Å². The molecule has 0 amide bonds. The Morgan fingerprint density at radius 1 is 1.19 bits per heavy atom. The van der Waals surface area contributed by atoms with Crippen molar-refractivity contribution in [1.82, 2.24) is 0 Å². The fourth-order valence-corrected chi connectivity index (χ4v) is 1.48. The number of thiocarbonyl (C=S) groups is 1. The van der Waals surface area contributed by atoms with Gasteiger partial charge in [-0.25, -0.2) is 8.78 Å². The van der Waals surface area contributed by atoms with E-state index in [1.165, 1.54) is 0 Å². The molecule has 0 aromatic heterocycles. The maximum atomic E-state index is 12.7. The SMILES string of the molecule is NC(=S)c1cc(OCC(F)(F)C(F)F)ccc1C(F)(F)F. The summed E-state index contributed by atoms with van der Waals surface area (Å²) in [5.74, 6) is -4.90. The number of nitrogens with two attached hydrogens (primary N) is 1. The molecule has 21 heavy (non-hydrogen) atoms. The number of hydrogen-bond acceptors (Lipinski definition) is 2. The van der Waals surface area contributed by atoms with E-state index in [9.17, 15) is 30.7 Å². The Morgan fingerprint density at radius 3 is 2.19 bits per heavy atom. The molecule has 0 aliphatic heterocycles. The minimum atomic E-state index is -4.76. The maximum absolute atomic E-state index is 12.7. The highest BCUT2D eigenvalue weighted by atomic mass is 32.1. The minimum absolute atomic E-state index is 0.480. The summed E-state index contributed by atoms with van der Waals surface area (Å²) in [7, 11) is 0. The lowest BCUT2D eigenvalue weighted by atomic mass is 10.1. The van der Waals surface area contributed by atoms with E-state index in [4.69, 9.17) is 5.73 Å². The Morgan fingerprint density at radius 2 is 1.76 bits per heavy atom. The van der Waals surface area contributed by atoms with E-state index in [1.54, 1.807) is 0 Å². The van der Waals surface area contributed by atoms with E-state index in [-0.39, 0.29) is 0 Å². The first-order valence-electron chi connectivity index (χ1n) is 5.25. The smallest absolute Gasteiger partial charge is 0.417 e. The molecule has 2 nitrogen and oxygen atoms in total. The van der Waals surface area contributed by atoms with E-state index in [0.29, 0.717) is 18.2 Å². The zero-order valence-corrected chi connectivity index (χ0v) is 10.9. The molecule has 0 aliphatic rings. The summed E-state index contributed by atoms with van der Waals surface area (Å²) in [6.45, 7) is -1.69. The van der Waals surface area contributed by atoms with Crippen molar-refractivity contribution in [3.05, 3.63) is 29.3 Å². The molecule has 1 aromatic carbocycles. The first kappa shape index (κ1) is 17.5. The van der Waals surface area contributed by atoms with E-state index < -0.39 is 47.0 Å². The molecule has 0 saturated heterocycles. The number of ether oxygens (including phenoxy) is 1. The average molecular weight is 335 g/mol. The third-order valence-electron chi connectivity index (χ3n) is 2.31. The van der Waals surface area contributed by atoms with Crippen LogP contribution in [0, 0.1) is 0 Å². The molecule has 118 valence electrons. The van der Waals surface area contributed by atoms with Crippen molar-refractivity contribution in [2.75, 3.05) is 6.61 Å². The molecular weight excluding hydrogens is 327 g/mol. The zero-order chi connectivity index (χ0) is 16.4. The molecule has 0 fully saturated rings. The minimum Gasteiger partial charge on any atom is -0.487 e. The molecule has 0 heterocycles. The highest BCUT2D eigenvalue weighted by molar-refractivity contribution is 7.80. The van der Waals surface area contributed by atoms with Crippen LogP contribution in [0.15, 0.2) is 18.2 Å². The van der Waals surface area contributed by atoms with Gasteiger partial charge in [0, 0.05) is 5.56 Å². The van der Waals surface area contributed by atoms with Crippen molar-refractivity contribution in [2.45, 2.75) is 18.5 Å². The van der Waals surface area contributed by atoms with Gasteiger partial charge in [0.05, 0.1) is 5.56 Å². The Kier molecular flexibility index (Phi) is 5.03. The van der Waals surface area contributed by atoms with Gasteiger partial charge in [-0.3, -0.25) is 0 Å². The molecule has 0 bridgehead atoms. The summed E-state index contributed by atoms with van der Waals surface area (Å²) in [6.07, 6.45) is -8.72. The molecule has 1 rings (SSSR count). The Balaban J connectivity index is 3.03. The Hall–Kier alpha value is -1.58. The maximum Gasteiger partial charge on any atom is 0.417 e. The molecule has 0 unspecified atom stereocenters. The van der Waals surface area contributed by atoms with E-state index in [0.717, 1.165) is 0 Å². The van der Waals surface area contributed by atoms with Gasteiger partial charge in [-0.05, 0) is 18.2 Å². The van der Waals surface area contributed by atoms with Crippen molar-refractivity contribution < 1.29 is 35.5 Å².